The van der Waals surface area contributed by atoms with E-state index in [1.54, 1.807) is 0 Å². The summed E-state index contributed by atoms with van der Waals surface area (Å²) < 4.78 is 35.5. The zero-order valence-corrected chi connectivity index (χ0v) is 12.4. The Morgan fingerprint density at radius 1 is 1.29 bits per heavy atom. The molecule has 0 heterocycles. The molecular formula is C12H15NO7S. The van der Waals surface area contributed by atoms with Gasteiger partial charge in [-0.05, 0) is 25.1 Å². The van der Waals surface area contributed by atoms with Crippen molar-refractivity contribution in [1.29, 1.82) is 0 Å². The molecule has 0 radical (unpaired) electrons. The molecule has 116 valence electrons. The number of hydrogen-bond acceptors (Lipinski definition) is 6. The highest BCUT2D eigenvalue weighted by molar-refractivity contribution is 7.94. The van der Waals surface area contributed by atoms with Crippen LogP contribution in [-0.4, -0.2) is 44.9 Å². The van der Waals surface area contributed by atoms with Crippen LogP contribution in [0.1, 0.15) is 17.3 Å². The van der Waals surface area contributed by atoms with Crippen LogP contribution in [0.4, 0.5) is 5.69 Å². The van der Waals surface area contributed by atoms with Gasteiger partial charge in [-0.1, -0.05) is 0 Å². The molecule has 1 aromatic carbocycles. The highest BCUT2D eigenvalue weighted by Gasteiger charge is 2.29. The fourth-order valence-electron chi connectivity index (χ4n) is 1.46. The molecule has 1 rings (SSSR count). The number of anilines is 1. The highest BCUT2D eigenvalue weighted by Crippen LogP contribution is 2.27. The lowest BCUT2D eigenvalue weighted by Gasteiger charge is -2.15. The first-order valence-electron chi connectivity index (χ1n) is 5.73. The number of carboxylic acid groups (broad SMARTS) is 1. The van der Waals surface area contributed by atoms with E-state index in [1.165, 1.54) is 19.2 Å². The SMILES string of the molecule is COC(=O)C(C)S(=O)(=O)Nc1cc(C(=O)O)ccc1OC. The summed E-state index contributed by atoms with van der Waals surface area (Å²) in [5.74, 6) is -2.03. The van der Waals surface area contributed by atoms with Crippen LogP contribution < -0.4 is 9.46 Å². The first-order valence-corrected chi connectivity index (χ1v) is 7.28. The van der Waals surface area contributed by atoms with Crippen molar-refractivity contribution in [3.63, 3.8) is 0 Å². The second kappa shape index (κ2) is 6.44. The second-order valence-corrected chi connectivity index (χ2v) is 6.03. The number of ether oxygens (including phenoxy) is 2. The number of nitrogens with one attached hydrogen (secondary N) is 1. The van der Waals surface area contributed by atoms with Crippen LogP contribution in [0.2, 0.25) is 0 Å². The van der Waals surface area contributed by atoms with Crippen molar-refractivity contribution in [3.05, 3.63) is 23.8 Å². The Morgan fingerprint density at radius 2 is 1.90 bits per heavy atom. The van der Waals surface area contributed by atoms with Gasteiger partial charge in [0.2, 0.25) is 10.0 Å². The minimum absolute atomic E-state index is 0.0758. The van der Waals surface area contributed by atoms with Crippen molar-refractivity contribution in [2.45, 2.75) is 12.2 Å². The number of sulfonamides is 1. The van der Waals surface area contributed by atoms with Gasteiger partial charge in [-0.3, -0.25) is 9.52 Å². The first-order chi connectivity index (χ1) is 9.72. The number of benzene rings is 1. The van der Waals surface area contributed by atoms with Crippen molar-refractivity contribution in [2.75, 3.05) is 18.9 Å². The number of carbonyl (C=O) groups is 2. The smallest absolute Gasteiger partial charge is 0.335 e. The van der Waals surface area contributed by atoms with Gasteiger partial charge in [0.15, 0.2) is 5.25 Å². The molecule has 9 heteroatoms. The van der Waals surface area contributed by atoms with Gasteiger partial charge >= 0.3 is 11.9 Å². The third-order valence-corrected chi connectivity index (χ3v) is 4.32. The highest BCUT2D eigenvalue weighted by atomic mass is 32.2. The van der Waals surface area contributed by atoms with E-state index in [4.69, 9.17) is 9.84 Å². The molecule has 1 unspecified atom stereocenters. The summed E-state index contributed by atoms with van der Waals surface area (Å²) in [7, 11) is -1.72. The van der Waals surface area contributed by atoms with Gasteiger partial charge in [0.05, 0.1) is 25.5 Å². The number of rotatable bonds is 6. The normalized spacial score (nSPS) is 12.3. The maximum absolute atomic E-state index is 12.0. The first kappa shape index (κ1) is 16.8. The van der Waals surface area contributed by atoms with Crippen molar-refractivity contribution < 1.29 is 32.6 Å². The summed E-state index contributed by atoms with van der Waals surface area (Å²) in [6.45, 7) is 1.15. The molecule has 0 saturated carbocycles. The Hall–Kier alpha value is -2.29. The molecule has 0 aliphatic heterocycles. The zero-order chi connectivity index (χ0) is 16.2. The Kier molecular flexibility index (Phi) is 5.14. The monoisotopic (exact) mass is 317 g/mol. The molecule has 0 spiro atoms. The maximum atomic E-state index is 12.0. The van der Waals surface area contributed by atoms with Crippen molar-refractivity contribution in [3.8, 4) is 5.75 Å². The van der Waals surface area contributed by atoms with Crippen molar-refractivity contribution >= 4 is 27.6 Å². The Morgan fingerprint density at radius 3 is 2.38 bits per heavy atom. The van der Waals surface area contributed by atoms with E-state index in [-0.39, 0.29) is 17.0 Å². The Labute approximate surface area is 121 Å². The summed E-state index contributed by atoms with van der Waals surface area (Å²) in [5.41, 5.74) is -0.202. The van der Waals surface area contributed by atoms with E-state index in [9.17, 15) is 18.0 Å². The van der Waals surface area contributed by atoms with E-state index in [1.807, 2.05) is 0 Å². The van der Waals surface area contributed by atoms with Gasteiger partial charge in [-0.15, -0.1) is 0 Å². The van der Waals surface area contributed by atoms with Gasteiger partial charge in [-0.25, -0.2) is 13.2 Å². The summed E-state index contributed by atoms with van der Waals surface area (Å²) in [4.78, 5) is 22.2. The number of aromatic carboxylic acids is 1. The molecule has 0 saturated heterocycles. The molecule has 0 amide bonds. The van der Waals surface area contributed by atoms with Crippen molar-refractivity contribution in [2.24, 2.45) is 0 Å². The van der Waals surface area contributed by atoms with Crippen LogP contribution in [0, 0.1) is 0 Å². The number of carboxylic acids is 1. The van der Waals surface area contributed by atoms with Gasteiger partial charge in [-0.2, -0.15) is 0 Å². The number of esters is 1. The number of hydrogen-bond donors (Lipinski definition) is 2. The average Bonchev–Trinajstić information content (AvgIpc) is 2.44. The lowest BCUT2D eigenvalue weighted by Crippen LogP contribution is -2.33. The molecule has 1 atom stereocenters. The Balaban J connectivity index is 3.19. The largest absolute Gasteiger partial charge is 0.495 e. The second-order valence-electron chi connectivity index (χ2n) is 4.03. The number of carbonyl (C=O) groups excluding carboxylic acids is 1. The zero-order valence-electron chi connectivity index (χ0n) is 11.6. The van der Waals surface area contributed by atoms with Crippen LogP contribution in [0.25, 0.3) is 0 Å². The lowest BCUT2D eigenvalue weighted by molar-refractivity contribution is -0.139. The minimum Gasteiger partial charge on any atom is -0.495 e. The predicted molar refractivity (Wildman–Crippen MR) is 74.0 cm³/mol. The maximum Gasteiger partial charge on any atom is 0.335 e. The lowest BCUT2D eigenvalue weighted by atomic mass is 10.2. The van der Waals surface area contributed by atoms with E-state index < -0.39 is 27.2 Å². The van der Waals surface area contributed by atoms with E-state index >= 15 is 0 Å². The van der Waals surface area contributed by atoms with E-state index in [0.29, 0.717) is 0 Å². The molecule has 0 fully saturated rings. The quantitative estimate of drug-likeness (QED) is 0.741. The number of methoxy groups -OCH3 is 2. The molecule has 1 aromatic rings. The molecule has 0 aliphatic rings. The molecule has 8 nitrogen and oxygen atoms in total. The molecule has 0 aliphatic carbocycles. The summed E-state index contributed by atoms with van der Waals surface area (Å²) >= 11 is 0. The van der Waals surface area contributed by atoms with Crippen LogP contribution in [0.3, 0.4) is 0 Å². The summed E-state index contributed by atoms with van der Waals surface area (Å²) in [6, 6.07) is 3.68. The molecule has 0 bridgehead atoms. The van der Waals surface area contributed by atoms with Gasteiger partial charge in [0.25, 0.3) is 0 Å². The topological polar surface area (TPSA) is 119 Å². The van der Waals surface area contributed by atoms with Crippen LogP contribution in [0.5, 0.6) is 5.75 Å². The van der Waals surface area contributed by atoms with Crippen LogP contribution in [0.15, 0.2) is 18.2 Å². The van der Waals surface area contributed by atoms with Gasteiger partial charge in [0, 0.05) is 0 Å². The fraction of sp³-hybridized carbons (Fsp3) is 0.333. The van der Waals surface area contributed by atoms with Gasteiger partial charge < -0.3 is 14.6 Å². The molecule has 2 N–H and O–H groups in total. The predicted octanol–water partition coefficient (Wildman–Crippen LogP) is 0.697. The molecule has 21 heavy (non-hydrogen) atoms. The van der Waals surface area contributed by atoms with Crippen molar-refractivity contribution in [1.82, 2.24) is 0 Å². The third-order valence-electron chi connectivity index (χ3n) is 2.70. The van der Waals surface area contributed by atoms with E-state index in [2.05, 4.69) is 9.46 Å². The van der Waals surface area contributed by atoms with E-state index in [0.717, 1.165) is 20.1 Å². The fourth-order valence-corrected chi connectivity index (χ4v) is 2.45. The molecule has 0 aromatic heterocycles. The average molecular weight is 317 g/mol. The van der Waals surface area contributed by atoms with Crippen LogP contribution in [-0.2, 0) is 19.6 Å². The molecular weight excluding hydrogens is 302 g/mol. The Bertz CT molecular complexity index is 654. The van der Waals surface area contributed by atoms with Gasteiger partial charge in [0.1, 0.15) is 5.75 Å². The van der Waals surface area contributed by atoms with Crippen LogP contribution >= 0.6 is 0 Å². The summed E-state index contributed by atoms with van der Waals surface area (Å²) in [6.07, 6.45) is 0. The standard InChI is InChI=1S/C12H15NO7S/c1-7(12(16)20-3)21(17,18)13-9-6-8(11(14)15)4-5-10(9)19-2/h4-7,13H,1-3H3,(H,14,15). The summed E-state index contributed by atoms with van der Waals surface area (Å²) in [5, 5.41) is 7.46. The minimum atomic E-state index is -4.10. The third kappa shape index (κ3) is 3.85.